The number of likely N-dealkylation sites (N-methyl/N-ethyl adjacent to an activating group) is 1. The topological polar surface area (TPSA) is 32.5 Å². The van der Waals surface area contributed by atoms with E-state index in [9.17, 15) is 0 Å². The number of unbranched alkanes of at least 4 members (excludes halogenated alkanes) is 4. The zero-order valence-corrected chi connectivity index (χ0v) is 14.7. The Morgan fingerprint density at radius 1 is 0.850 bits per heavy atom. The Hall–Kier alpha value is -0.120. The van der Waals surface area contributed by atoms with Crippen molar-refractivity contribution in [2.24, 2.45) is 5.73 Å². The highest BCUT2D eigenvalue weighted by Crippen LogP contribution is 2.22. The van der Waals surface area contributed by atoms with Crippen molar-refractivity contribution in [2.45, 2.75) is 71.3 Å². The first-order chi connectivity index (χ1) is 9.50. The second-order valence-corrected chi connectivity index (χ2v) is 6.66. The number of rotatable bonds is 13. The van der Waals surface area contributed by atoms with E-state index in [1.54, 1.807) is 0 Å². The van der Waals surface area contributed by atoms with Crippen molar-refractivity contribution >= 4 is 0 Å². The average molecular weight is 286 g/mol. The summed E-state index contributed by atoms with van der Waals surface area (Å²) >= 11 is 0. The fourth-order valence-electron chi connectivity index (χ4n) is 2.74. The molecule has 0 aromatic rings. The summed E-state index contributed by atoms with van der Waals surface area (Å²) < 4.78 is 0. The van der Waals surface area contributed by atoms with Crippen LogP contribution in [0.5, 0.6) is 0 Å². The molecule has 0 aliphatic rings. The molecule has 0 heterocycles. The number of hydrogen-bond donors (Lipinski definition) is 1. The largest absolute Gasteiger partial charge is 0.329 e. The van der Waals surface area contributed by atoms with E-state index in [4.69, 9.17) is 5.73 Å². The van der Waals surface area contributed by atoms with Crippen LogP contribution in [0.2, 0.25) is 0 Å². The second kappa shape index (κ2) is 11.5. The minimum absolute atomic E-state index is 0.179. The molecule has 0 bridgehead atoms. The van der Waals surface area contributed by atoms with Gasteiger partial charge in [-0.2, -0.15) is 0 Å². The summed E-state index contributed by atoms with van der Waals surface area (Å²) in [7, 11) is 4.29. The first kappa shape index (κ1) is 19.9. The first-order valence-electron chi connectivity index (χ1n) is 8.60. The first-order valence-corrected chi connectivity index (χ1v) is 8.60. The molecular weight excluding hydrogens is 246 g/mol. The molecule has 0 saturated heterocycles. The van der Waals surface area contributed by atoms with Gasteiger partial charge in [0.25, 0.3) is 0 Å². The summed E-state index contributed by atoms with van der Waals surface area (Å²) in [5, 5.41) is 0. The van der Waals surface area contributed by atoms with Gasteiger partial charge in [0.1, 0.15) is 0 Å². The minimum atomic E-state index is 0.179. The van der Waals surface area contributed by atoms with Gasteiger partial charge in [-0.15, -0.1) is 0 Å². The van der Waals surface area contributed by atoms with Crippen LogP contribution in [0.1, 0.15) is 65.7 Å². The Kier molecular flexibility index (Phi) is 11.5. The lowest BCUT2D eigenvalue weighted by Crippen LogP contribution is -2.53. The van der Waals surface area contributed by atoms with Crippen molar-refractivity contribution < 1.29 is 0 Å². The van der Waals surface area contributed by atoms with Gasteiger partial charge in [0.2, 0.25) is 0 Å². The van der Waals surface area contributed by atoms with Gasteiger partial charge in [-0.1, -0.05) is 46.0 Å². The second-order valence-electron chi connectivity index (χ2n) is 6.66. The normalized spacial score (nSPS) is 15.0. The molecule has 2 N–H and O–H groups in total. The summed E-state index contributed by atoms with van der Waals surface area (Å²) in [5.74, 6) is 0. The lowest BCUT2D eigenvalue weighted by Gasteiger charge is -2.41. The summed E-state index contributed by atoms with van der Waals surface area (Å²) in [4.78, 5) is 4.88. The van der Waals surface area contributed by atoms with Crippen LogP contribution < -0.4 is 5.73 Å². The van der Waals surface area contributed by atoms with E-state index in [0.29, 0.717) is 0 Å². The Morgan fingerprint density at radius 2 is 1.50 bits per heavy atom. The van der Waals surface area contributed by atoms with Crippen molar-refractivity contribution in [1.29, 1.82) is 0 Å². The molecule has 0 fully saturated rings. The molecule has 0 rings (SSSR count). The molecule has 0 amide bonds. The highest BCUT2D eigenvalue weighted by molar-refractivity contribution is 4.87. The van der Waals surface area contributed by atoms with Crippen LogP contribution in [0.3, 0.4) is 0 Å². The van der Waals surface area contributed by atoms with E-state index >= 15 is 0 Å². The fraction of sp³-hybridized carbons (Fsp3) is 1.00. The monoisotopic (exact) mass is 285 g/mol. The predicted molar refractivity (Wildman–Crippen MR) is 91.3 cm³/mol. The summed E-state index contributed by atoms with van der Waals surface area (Å²) in [6.07, 6.45) is 9.19. The number of nitrogens with zero attached hydrogens (tertiary/aromatic N) is 2. The van der Waals surface area contributed by atoms with Crippen LogP contribution in [0.4, 0.5) is 0 Å². The van der Waals surface area contributed by atoms with Crippen LogP contribution in [0.15, 0.2) is 0 Å². The Morgan fingerprint density at radius 3 is 2.00 bits per heavy atom. The van der Waals surface area contributed by atoms with Gasteiger partial charge >= 0.3 is 0 Å². The lowest BCUT2D eigenvalue weighted by atomic mass is 9.91. The van der Waals surface area contributed by atoms with Crippen molar-refractivity contribution in [2.75, 3.05) is 40.3 Å². The maximum absolute atomic E-state index is 6.13. The Balaban J connectivity index is 4.34. The molecule has 122 valence electrons. The van der Waals surface area contributed by atoms with Crippen LogP contribution in [0, 0.1) is 0 Å². The number of nitrogens with two attached hydrogens (primary N) is 1. The maximum Gasteiger partial charge on any atom is 0.0304 e. The van der Waals surface area contributed by atoms with Crippen molar-refractivity contribution in [3.05, 3.63) is 0 Å². The fourth-order valence-corrected chi connectivity index (χ4v) is 2.74. The van der Waals surface area contributed by atoms with E-state index in [1.807, 2.05) is 0 Å². The van der Waals surface area contributed by atoms with Gasteiger partial charge < -0.3 is 10.6 Å². The summed E-state index contributed by atoms with van der Waals surface area (Å²) in [5.41, 5.74) is 6.31. The lowest BCUT2D eigenvalue weighted by molar-refractivity contribution is 0.0898. The third kappa shape index (κ3) is 8.23. The van der Waals surface area contributed by atoms with E-state index < -0.39 is 0 Å². The molecular formula is C17H39N3. The van der Waals surface area contributed by atoms with E-state index in [2.05, 4.69) is 44.7 Å². The highest BCUT2D eigenvalue weighted by atomic mass is 15.2. The molecule has 0 spiro atoms. The SMILES string of the molecule is CCCCCCCC(C)(CN)N(CCC)CCN(C)C. The zero-order valence-electron chi connectivity index (χ0n) is 14.7. The molecule has 1 atom stereocenters. The molecule has 0 radical (unpaired) electrons. The van der Waals surface area contributed by atoms with Crippen molar-refractivity contribution in [3.8, 4) is 0 Å². The quantitative estimate of drug-likeness (QED) is 0.527. The van der Waals surface area contributed by atoms with Crippen LogP contribution in [-0.4, -0.2) is 55.6 Å². The maximum atomic E-state index is 6.13. The van der Waals surface area contributed by atoms with Crippen LogP contribution in [0.25, 0.3) is 0 Å². The predicted octanol–water partition coefficient (Wildman–Crippen LogP) is 3.34. The highest BCUT2D eigenvalue weighted by Gasteiger charge is 2.29. The third-order valence-corrected chi connectivity index (χ3v) is 4.33. The van der Waals surface area contributed by atoms with Gasteiger partial charge in [-0.05, 0) is 40.4 Å². The van der Waals surface area contributed by atoms with Gasteiger partial charge in [-0.25, -0.2) is 0 Å². The molecule has 3 nitrogen and oxygen atoms in total. The van der Waals surface area contributed by atoms with E-state index in [0.717, 1.165) is 26.2 Å². The van der Waals surface area contributed by atoms with Crippen LogP contribution in [-0.2, 0) is 0 Å². The average Bonchev–Trinajstić information content (AvgIpc) is 2.42. The third-order valence-electron chi connectivity index (χ3n) is 4.33. The molecule has 0 saturated carbocycles. The van der Waals surface area contributed by atoms with Crippen molar-refractivity contribution in [3.63, 3.8) is 0 Å². The number of hydrogen-bond acceptors (Lipinski definition) is 3. The molecule has 0 aliphatic heterocycles. The smallest absolute Gasteiger partial charge is 0.0304 e. The van der Waals surface area contributed by atoms with Gasteiger partial charge in [-0.3, -0.25) is 4.90 Å². The Bertz CT molecular complexity index is 218. The van der Waals surface area contributed by atoms with Gasteiger partial charge in [0.05, 0.1) is 0 Å². The van der Waals surface area contributed by atoms with E-state index in [-0.39, 0.29) is 5.54 Å². The standard InChI is InChI=1S/C17H39N3/c1-6-8-9-10-11-12-17(3,16-18)20(13-7-2)15-14-19(4)5/h6-16,18H2,1-5H3. The summed E-state index contributed by atoms with van der Waals surface area (Å²) in [6, 6.07) is 0. The minimum Gasteiger partial charge on any atom is -0.329 e. The molecule has 0 aromatic heterocycles. The molecule has 0 aliphatic carbocycles. The molecule has 3 heteroatoms. The molecule has 0 aromatic carbocycles. The zero-order chi connectivity index (χ0) is 15.4. The van der Waals surface area contributed by atoms with Crippen molar-refractivity contribution in [1.82, 2.24) is 9.80 Å². The molecule has 1 unspecified atom stereocenters. The van der Waals surface area contributed by atoms with Crippen LogP contribution >= 0.6 is 0 Å². The van der Waals surface area contributed by atoms with E-state index in [1.165, 1.54) is 44.9 Å². The van der Waals surface area contributed by atoms with Gasteiger partial charge in [0.15, 0.2) is 0 Å². The molecule has 20 heavy (non-hydrogen) atoms. The summed E-state index contributed by atoms with van der Waals surface area (Å²) in [6.45, 7) is 11.1. The Labute approximate surface area is 127 Å². The van der Waals surface area contributed by atoms with Gasteiger partial charge in [0, 0.05) is 25.2 Å².